The van der Waals surface area contributed by atoms with Gasteiger partial charge in [-0.1, -0.05) is 42.5 Å². The monoisotopic (exact) mass is 424 g/mol. The molecule has 0 amide bonds. The molecule has 0 aliphatic heterocycles. The molecule has 0 fully saturated rings. The van der Waals surface area contributed by atoms with Gasteiger partial charge >= 0.3 is 0 Å². The second kappa shape index (κ2) is 6.78. The van der Waals surface area contributed by atoms with Crippen molar-refractivity contribution in [3.05, 3.63) is 77.6 Å². The Kier molecular flexibility index (Phi) is 3.91. The van der Waals surface area contributed by atoms with Gasteiger partial charge in [0, 0.05) is 22.2 Å². The van der Waals surface area contributed by atoms with Crippen LogP contribution in [0.25, 0.3) is 50.0 Å². The fourth-order valence-electron chi connectivity index (χ4n) is 3.96. The van der Waals surface area contributed by atoms with E-state index in [1.807, 2.05) is 77.4 Å². The minimum Gasteiger partial charge on any atom is -0.495 e. The van der Waals surface area contributed by atoms with Gasteiger partial charge in [0.05, 0.1) is 18.3 Å². The van der Waals surface area contributed by atoms with Gasteiger partial charge in [-0.25, -0.2) is 4.98 Å². The first-order valence-electron chi connectivity index (χ1n) is 9.76. The lowest BCUT2D eigenvalue weighted by molar-refractivity contribution is 0.413. The maximum absolute atomic E-state index is 6.08. The van der Waals surface area contributed by atoms with Crippen LogP contribution in [-0.4, -0.2) is 26.9 Å². The average Bonchev–Trinajstić information content (AvgIpc) is 3.37. The summed E-state index contributed by atoms with van der Waals surface area (Å²) in [5, 5.41) is 10.4. The highest BCUT2D eigenvalue weighted by molar-refractivity contribution is 7.71. The molecule has 150 valence electrons. The van der Waals surface area contributed by atoms with Crippen molar-refractivity contribution < 1.29 is 9.15 Å². The lowest BCUT2D eigenvalue weighted by atomic mass is 10.1. The lowest BCUT2D eigenvalue weighted by Gasteiger charge is -2.12. The van der Waals surface area contributed by atoms with E-state index in [-0.39, 0.29) is 0 Å². The zero-order valence-electron chi connectivity index (χ0n) is 16.5. The van der Waals surface area contributed by atoms with Crippen LogP contribution in [0, 0.1) is 4.77 Å². The summed E-state index contributed by atoms with van der Waals surface area (Å²) in [5.41, 5.74) is 3.90. The molecule has 0 aliphatic carbocycles. The molecule has 0 bridgehead atoms. The molecule has 0 unspecified atom stereocenters. The highest BCUT2D eigenvalue weighted by Gasteiger charge is 2.19. The summed E-state index contributed by atoms with van der Waals surface area (Å²) >= 11 is 5.58. The summed E-state index contributed by atoms with van der Waals surface area (Å²) in [6.07, 6.45) is 0. The van der Waals surface area contributed by atoms with Gasteiger partial charge in [-0.05, 0) is 36.5 Å². The van der Waals surface area contributed by atoms with Crippen molar-refractivity contribution in [3.8, 4) is 23.0 Å². The maximum atomic E-state index is 6.08. The third-order valence-electron chi connectivity index (χ3n) is 5.42. The van der Waals surface area contributed by atoms with Crippen molar-refractivity contribution in [1.82, 2.24) is 19.7 Å². The van der Waals surface area contributed by atoms with Crippen molar-refractivity contribution in [2.75, 3.05) is 7.11 Å². The Morgan fingerprint density at radius 2 is 1.77 bits per heavy atom. The van der Waals surface area contributed by atoms with Gasteiger partial charge in [0.25, 0.3) is 0 Å². The van der Waals surface area contributed by atoms with E-state index in [2.05, 4.69) is 10.2 Å². The SMILES string of the molecule is COc1cc2c(cc1-n1c(-c3ccc4ccccc4n3)n[nH]c1=S)oc1ccccc12. The van der Waals surface area contributed by atoms with Crippen molar-refractivity contribution >= 4 is 45.1 Å². The number of fused-ring (bicyclic) bond motifs is 4. The number of methoxy groups -OCH3 is 1. The Morgan fingerprint density at radius 1 is 0.935 bits per heavy atom. The standard InChI is InChI=1S/C24H16N4O2S/c1-29-22-12-16-15-7-3-5-9-20(15)30-21(16)13-19(22)28-23(26-27-24(28)31)18-11-10-14-6-2-4-8-17(14)25-18/h2-13H,1H3,(H,27,31). The summed E-state index contributed by atoms with van der Waals surface area (Å²) in [7, 11) is 1.64. The summed E-state index contributed by atoms with van der Waals surface area (Å²) < 4.78 is 14.1. The Labute approximate surface area is 181 Å². The van der Waals surface area contributed by atoms with Crippen LogP contribution in [-0.2, 0) is 0 Å². The van der Waals surface area contributed by atoms with Crippen LogP contribution < -0.4 is 4.74 Å². The molecule has 0 atom stereocenters. The van der Waals surface area contributed by atoms with E-state index >= 15 is 0 Å². The van der Waals surface area contributed by atoms with E-state index in [1.165, 1.54) is 0 Å². The number of benzene rings is 3. The molecule has 3 heterocycles. The predicted octanol–water partition coefficient (Wildman–Crippen LogP) is 6.05. The molecular weight excluding hydrogens is 408 g/mol. The number of furan rings is 1. The highest BCUT2D eigenvalue weighted by atomic mass is 32.1. The number of aromatic amines is 1. The highest BCUT2D eigenvalue weighted by Crippen LogP contribution is 2.36. The van der Waals surface area contributed by atoms with Gasteiger partial charge in [0.2, 0.25) is 0 Å². The Balaban J connectivity index is 1.62. The molecule has 0 aliphatic rings. The van der Waals surface area contributed by atoms with E-state index in [1.54, 1.807) is 7.11 Å². The van der Waals surface area contributed by atoms with Crippen LogP contribution >= 0.6 is 12.2 Å². The number of nitrogens with zero attached hydrogens (tertiary/aromatic N) is 3. The molecule has 7 heteroatoms. The second-order valence-corrected chi connectivity index (χ2v) is 7.58. The van der Waals surface area contributed by atoms with Gasteiger partial charge in [-0.2, -0.15) is 5.10 Å². The van der Waals surface area contributed by atoms with Crippen molar-refractivity contribution in [1.29, 1.82) is 0 Å². The van der Waals surface area contributed by atoms with Crippen LogP contribution in [0.2, 0.25) is 0 Å². The van der Waals surface area contributed by atoms with Crippen molar-refractivity contribution in [2.24, 2.45) is 0 Å². The summed E-state index contributed by atoms with van der Waals surface area (Å²) in [6, 6.07) is 23.8. The first-order valence-corrected chi connectivity index (χ1v) is 10.2. The van der Waals surface area contributed by atoms with E-state index in [0.717, 1.165) is 38.5 Å². The zero-order chi connectivity index (χ0) is 20.9. The molecule has 0 radical (unpaired) electrons. The third-order valence-corrected chi connectivity index (χ3v) is 5.69. The van der Waals surface area contributed by atoms with Crippen LogP contribution in [0.3, 0.4) is 0 Å². The third kappa shape index (κ3) is 2.74. The molecule has 6 rings (SSSR count). The van der Waals surface area contributed by atoms with Gasteiger partial charge in [0.1, 0.15) is 22.6 Å². The quantitative estimate of drug-likeness (QED) is 0.350. The molecule has 3 aromatic heterocycles. The zero-order valence-corrected chi connectivity index (χ0v) is 17.3. The minimum absolute atomic E-state index is 0.443. The molecule has 31 heavy (non-hydrogen) atoms. The smallest absolute Gasteiger partial charge is 0.200 e. The first-order chi connectivity index (χ1) is 15.2. The number of para-hydroxylation sites is 2. The van der Waals surface area contributed by atoms with Crippen LogP contribution in [0.1, 0.15) is 0 Å². The molecule has 0 saturated heterocycles. The summed E-state index contributed by atoms with van der Waals surface area (Å²) in [5.74, 6) is 1.27. The first kappa shape index (κ1) is 17.9. The topological polar surface area (TPSA) is 68.9 Å². The molecular formula is C24H16N4O2S. The largest absolute Gasteiger partial charge is 0.495 e. The molecule has 0 spiro atoms. The van der Waals surface area contributed by atoms with Gasteiger partial charge in [-0.15, -0.1) is 0 Å². The fourth-order valence-corrected chi connectivity index (χ4v) is 4.19. The molecule has 3 aromatic carbocycles. The van der Waals surface area contributed by atoms with E-state index in [9.17, 15) is 0 Å². The number of aromatic nitrogens is 4. The van der Waals surface area contributed by atoms with E-state index in [4.69, 9.17) is 26.4 Å². The number of H-pyrrole nitrogens is 1. The van der Waals surface area contributed by atoms with Gasteiger partial charge in [-0.3, -0.25) is 9.67 Å². The van der Waals surface area contributed by atoms with Crippen LogP contribution in [0.15, 0.2) is 77.2 Å². The van der Waals surface area contributed by atoms with Crippen molar-refractivity contribution in [3.63, 3.8) is 0 Å². The van der Waals surface area contributed by atoms with E-state index < -0.39 is 0 Å². The number of nitrogens with one attached hydrogen (secondary N) is 1. The molecule has 1 N–H and O–H groups in total. The normalized spacial score (nSPS) is 11.5. The molecule has 6 aromatic rings. The maximum Gasteiger partial charge on any atom is 0.200 e. The Morgan fingerprint density at radius 3 is 2.68 bits per heavy atom. The average molecular weight is 424 g/mol. The molecule has 0 saturated carbocycles. The number of hydrogen-bond acceptors (Lipinski definition) is 5. The Bertz CT molecular complexity index is 1660. The van der Waals surface area contributed by atoms with Gasteiger partial charge in [0.15, 0.2) is 10.6 Å². The number of ether oxygens (including phenoxy) is 1. The number of hydrogen-bond donors (Lipinski definition) is 1. The van der Waals surface area contributed by atoms with Crippen LogP contribution in [0.4, 0.5) is 0 Å². The number of pyridine rings is 1. The lowest BCUT2D eigenvalue weighted by Crippen LogP contribution is -2.02. The number of rotatable bonds is 3. The summed E-state index contributed by atoms with van der Waals surface area (Å²) in [4.78, 5) is 4.78. The molecule has 6 nitrogen and oxygen atoms in total. The Hall–Kier alpha value is -3.97. The van der Waals surface area contributed by atoms with E-state index in [0.29, 0.717) is 22.0 Å². The minimum atomic E-state index is 0.443. The van der Waals surface area contributed by atoms with Crippen LogP contribution in [0.5, 0.6) is 5.75 Å². The van der Waals surface area contributed by atoms with Crippen molar-refractivity contribution in [2.45, 2.75) is 0 Å². The fraction of sp³-hybridized carbons (Fsp3) is 0.0417. The predicted molar refractivity (Wildman–Crippen MR) is 123 cm³/mol. The summed E-state index contributed by atoms with van der Waals surface area (Å²) in [6.45, 7) is 0. The second-order valence-electron chi connectivity index (χ2n) is 7.20. The van der Waals surface area contributed by atoms with Gasteiger partial charge < -0.3 is 9.15 Å².